The normalized spacial score (nSPS) is 22.4. The molecule has 0 aliphatic carbocycles. The fraction of sp³-hybridized carbons (Fsp3) is 0.600. The van der Waals surface area contributed by atoms with Crippen molar-refractivity contribution in [1.29, 1.82) is 0 Å². The second-order valence-corrected chi connectivity index (χ2v) is 7.66. The first kappa shape index (κ1) is 16.3. The Balaban J connectivity index is 1.78. The third-order valence-electron chi connectivity index (χ3n) is 3.74. The maximum absolute atomic E-state index is 12.2. The highest BCUT2D eigenvalue weighted by Crippen LogP contribution is 2.22. The molecular formula is C15H23NO4S. The van der Waals surface area contributed by atoms with E-state index in [2.05, 4.69) is 0 Å². The zero-order valence-corrected chi connectivity index (χ0v) is 13.1. The monoisotopic (exact) mass is 313 g/mol. The van der Waals surface area contributed by atoms with Crippen molar-refractivity contribution < 1.29 is 17.9 Å². The van der Waals surface area contributed by atoms with E-state index in [4.69, 9.17) is 15.2 Å². The van der Waals surface area contributed by atoms with Crippen molar-refractivity contribution in [2.45, 2.75) is 37.7 Å². The molecular weight excluding hydrogens is 290 g/mol. The third kappa shape index (κ3) is 4.43. The standard InChI is InChI=1S/C15H23NO4S/c1-12-15(6-8-19-12)21(17,18)9-3-7-20-14-5-2-4-13(10-14)11-16/h2,4-5,10,12,15H,3,6-9,11,16H2,1H3. The number of nitrogens with two attached hydrogens (primary N) is 1. The molecule has 1 aromatic carbocycles. The summed E-state index contributed by atoms with van der Waals surface area (Å²) >= 11 is 0. The summed E-state index contributed by atoms with van der Waals surface area (Å²) in [7, 11) is -3.10. The molecule has 6 heteroatoms. The first-order valence-corrected chi connectivity index (χ1v) is 8.99. The highest BCUT2D eigenvalue weighted by Gasteiger charge is 2.35. The van der Waals surface area contributed by atoms with Crippen molar-refractivity contribution in [3.05, 3.63) is 29.8 Å². The van der Waals surface area contributed by atoms with Crippen molar-refractivity contribution in [2.75, 3.05) is 19.0 Å². The van der Waals surface area contributed by atoms with Gasteiger partial charge in [-0.15, -0.1) is 0 Å². The molecule has 0 amide bonds. The van der Waals surface area contributed by atoms with E-state index in [9.17, 15) is 8.42 Å². The van der Waals surface area contributed by atoms with Gasteiger partial charge in [-0.2, -0.15) is 0 Å². The topological polar surface area (TPSA) is 78.6 Å². The van der Waals surface area contributed by atoms with Crippen molar-refractivity contribution >= 4 is 9.84 Å². The summed E-state index contributed by atoms with van der Waals surface area (Å²) in [6, 6.07) is 7.53. The van der Waals surface area contributed by atoms with Crippen molar-refractivity contribution in [2.24, 2.45) is 5.73 Å². The molecule has 5 nitrogen and oxygen atoms in total. The lowest BCUT2D eigenvalue weighted by molar-refractivity contribution is 0.126. The van der Waals surface area contributed by atoms with Gasteiger partial charge in [-0.25, -0.2) is 8.42 Å². The molecule has 0 aromatic heterocycles. The Morgan fingerprint density at radius 1 is 1.43 bits per heavy atom. The average molecular weight is 313 g/mol. The van der Waals surface area contributed by atoms with E-state index in [0.29, 0.717) is 32.6 Å². The van der Waals surface area contributed by atoms with Crippen LogP contribution in [0.4, 0.5) is 0 Å². The van der Waals surface area contributed by atoms with Gasteiger partial charge in [0, 0.05) is 13.2 Å². The Hall–Kier alpha value is -1.11. The maximum atomic E-state index is 12.2. The summed E-state index contributed by atoms with van der Waals surface area (Å²) < 4.78 is 35.3. The van der Waals surface area contributed by atoms with Crippen molar-refractivity contribution in [1.82, 2.24) is 0 Å². The Morgan fingerprint density at radius 2 is 2.24 bits per heavy atom. The van der Waals surface area contributed by atoms with Crippen LogP contribution in [-0.4, -0.2) is 38.7 Å². The van der Waals surface area contributed by atoms with Crippen LogP contribution in [0.5, 0.6) is 5.75 Å². The van der Waals surface area contributed by atoms with Gasteiger partial charge < -0.3 is 15.2 Å². The highest BCUT2D eigenvalue weighted by molar-refractivity contribution is 7.92. The predicted molar refractivity (Wildman–Crippen MR) is 82.1 cm³/mol. The number of rotatable bonds is 7. The first-order valence-electron chi connectivity index (χ1n) is 7.28. The predicted octanol–water partition coefficient (Wildman–Crippen LogP) is 1.51. The Morgan fingerprint density at radius 3 is 2.90 bits per heavy atom. The summed E-state index contributed by atoms with van der Waals surface area (Å²) in [5.41, 5.74) is 6.56. The van der Waals surface area contributed by atoms with Gasteiger partial charge in [0.05, 0.1) is 23.7 Å². The van der Waals surface area contributed by atoms with Crippen molar-refractivity contribution in [3.63, 3.8) is 0 Å². The molecule has 2 rings (SSSR count). The summed E-state index contributed by atoms with van der Waals surface area (Å²) in [5, 5.41) is -0.363. The van der Waals surface area contributed by atoms with E-state index in [1.807, 2.05) is 31.2 Å². The minimum absolute atomic E-state index is 0.141. The van der Waals surface area contributed by atoms with E-state index in [1.54, 1.807) is 0 Å². The maximum Gasteiger partial charge on any atom is 0.155 e. The van der Waals surface area contributed by atoms with Gasteiger partial charge in [-0.1, -0.05) is 12.1 Å². The van der Waals surface area contributed by atoms with Crippen LogP contribution >= 0.6 is 0 Å². The molecule has 2 atom stereocenters. The lowest BCUT2D eigenvalue weighted by Gasteiger charge is -2.15. The van der Waals surface area contributed by atoms with Crippen LogP contribution in [0.1, 0.15) is 25.3 Å². The molecule has 0 saturated carbocycles. The molecule has 1 fully saturated rings. The SMILES string of the molecule is CC1OCCC1S(=O)(=O)CCCOc1cccc(CN)c1. The molecule has 2 N–H and O–H groups in total. The highest BCUT2D eigenvalue weighted by atomic mass is 32.2. The molecule has 21 heavy (non-hydrogen) atoms. The second kappa shape index (κ2) is 7.24. The fourth-order valence-electron chi connectivity index (χ4n) is 2.55. The zero-order valence-electron chi connectivity index (χ0n) is 12.3. The summed E-state index contributed by atoms with van der Waals surface area (Å²) in [5.74, 6) is 0.870. The molecule has 0 bridgehead atoms. The molecule has 1 heterocycles. The van der Waals surface area contributed by atoms with Gasteiger partial charge in [-0.3, -0.25) is 0 Å². The quantitative estimate of drug-likeness (QED) is 0.772. The molecule has 1 aliphatic heterocycles. The molecule has 118 valence electrons. The van der Waals surface area contributed by atoms with Crippen LogP contribution in [-0.2, 0) is 21.1 Å². The zero-order chi connectivity index (χ0) is 15.3. The van der Waals surface area contributed by atoms with Gasteiger partial charge in [0.25, 0.3) is 0 Å². The van der Waals surface area contributed by atoms with Gasteiger partial charge in [-0.05, 0) is 37.5 Å². The van der Waals surface area contributed by atoms with E-state index in [-0.39, 0.29) is 17.1 Å². The first-order chi connectivity index (χ1) is 10.0. The van der Waals surface area contributed by atoms with E-state index >= 15 is 0 Å². The number of ether oxygens (including phenoxy) is 2. The molecule has 1 aromatic rings. The smallest absolute Gasteiger partial charge is 0.155 e. The van der Waals surface area contributed by atoms with Gasteiger partial charge in [0.2, 0.25) is 0 Å². The van der Waals surface area contributed by atoms with Gasteiger partial charge >= 0.3 is 0 Å². The van der Waals surface area contributed by atoms with Crippen LogP contribution < -0.4 is 10.5 Å². The van der Waals surface area contributed by atoms with E-state index in [1.165, 1.54) is 0 Å². The molecule has 1 saturated heterocycles. The van der Waals surface area contributed by atoms with Crippen LogP contribution in [0.15, 0.2) is 24.3 Å². The Bertz CT molecular complexity index is 559. The van der Waals surface area contributed by atoms with Gasteiger partial charge in [0.15, 0.2) is 9.84 Å². The summed E-state index contributed by atoms with van der Waals surface area (Å²) in [6.45, 7) is 3.21. The lowest BCUT2D eigenvalue weighted by Crippen LogP contribution is -2.30. The van der Waals surface area contributed by atoms with Crippen molar-refractivity contribution in [3.8, 4) is 5.75 Å². The van der Waals surface area contributed by atoms with Crippen LogP contribution in [0, 0.1) is 0 Å². The Labute approximate surface area is 126 Å². The largest absolute Gasteiger partial charge is 0.494 e. The van der Waals surface area contributed by atoms with E-state index < -0.39 is 9.84 Å². The van der Waals surface area contributed by atoms with Crippen LogP contribution in [0.25, 0.3) is 0 Å². The second-order valence-electron chi connectivity index (χ2n) is 5.32. The third-order valence-corrected chi connectivity index (χ3v) is 6.14. The summed E-state index contributed by atoms with van der Waals surface area (Å²) in [6.07, 6.45) is 0.888. The lowest BCUT2D eigenvalue weighted by atomic mass is 10.2. The molecule has 0 spiro atoms. The molecule has 2 unspecified atom stereocenters. The average Bonchev–Trinajstić information content (AvgIpc) is 2.91. The Kier molecular flexibility index (Phi) is 5.61. The van der Waals surface area contributed by atoms with E-state index in [0.717, 1.165) is 11.3 Å². The molecule has 0 radical (unpaired) electrons. The fourth-order valence-corrected chi connectivity index (χ4v) is 4.49. The summed E-state index contributed by atoms with van der Waals surface area (Å²) in [4.78, 5) is 0. The number of benzene rings is 1. The number of hydrogen-bond acceptors (Lipinski definition) is 5. The van der Waals surface area contributed by atoms with Crippen LogP contribution in [0.2, 0.25) is 0 Å². The number of hydrogen-bond donors (Lipinski definition) is 1. The van der Waals surface area contributed by atoms with Crippen LogP contribution in [0.3, 0.4) is 0 Å². The minimum atomic E-state index is -3.10. The number of sulfone groups is 1. The minimum Gasteiger partial charge on any atom is -0.494 e. The van der Waals surface area contributed by atoms with Gasteiger partial charge in [0.1, 0.15) is 5.75 Å². The molecule has 1 aliphatic rings.